The Hall–Kier alpha value is -2.37. The van der Waals surface area contributed by atoms with E-state index < -0.39 is 6.10 Å². The van der Waals surface area contributed by atoms with E-state index in [9.17, 15) is 14.4 Å². The fourth-order valence-corrected chi connectivity index (χ4v) is 10.1. The van der Waals surface area contributed by atoms with Crippen LogP contribution in [0.4, 0.5) is 0 Å². The molecule has 0 radical (unpaired) electrons. The molecule has 0 spiro atoms. The molecular formula is C69H128O6. The number of ether oxygens (including phenoxy) is 3. The standard InChI is InChI=1S/C69H128O6/c1-4-7-10-13-16-19-22-24-25-26-27-28-29-30-31-32-33-34-35-36-37-38-39-40-41-42-43-45-47-50-53-56-59-62-68(71)74-65-66(64-73-67(70)61-58-55-52-49-46-21-18-15-12-9-6-3)75-69(72)63-60-57-54-51-48-44-23-20-17-14-11-8-5-2/h22,24,26-27,29-30,66H,4-21,23,25,28,31-65H2,1-3H3/b24-22-,27-26-,30-29-. The van der Waals surface area contributed by atoms with E-state index in [0.717, 1.165) is 70.6 Å². The highest BCUT2D eigenvalue weighted by molar-refractivity contribution is 5.71. The Labute approximate surface area is 467 Å². The predicted octanol–water partition coefficient (Wildman–Crippen LogP) is 22.8. The second-order valence-corrected chi connectivity index (χ2v) is 22.7. The first-order valence-electron chi connectivity index (χ1n) is 33.5. The second-order valence-electron chi connectivity index (χ2n) is 22.7. The summed E-state index contributed by atoms with van der Waals surface area (Å²) < 4.78 is 16.9. The van der Waals surface area contributed by atoms with E-state index in [4.69, 9.17) is 14.2 Å². The molecule has 0 heterocycles. The molecule has 0 rings (SSSR count). The number of hydrogen-bond donors (Lipinski definition) is 0. The third-order valence-corrected chi connectivity index (χ3v) is 15.1. The van der Waals surface area contributed by atoms with Crippen molar-refractivity contribution >= 4 is 17.9 Å². The van der Waals surface area contributed by atoms with E-state index >= 15 is 0 Å². The van der Waals surface area contributed by atoms with Crippen LogP contribution in [0.25, 0.3) is 0 Å². The smallest absolute Gasteiger partial charge is 0.306 e. The quantitative estimate of drug-likeness (QED) is 0.0261. The van der Waals surface area contributed by atoms with Gasteiger partial charge in [-0.1, -0.05) is 327 Å². The van der Waals surface area contributed by atoms with Crippen molar-refractivity contribution < 1.29 is 28.6 Å². The predicted molar refractivity (Wildman–Crippen MR) is 326 cm³/mol. The summed E-state index contributed by atoms with van der Waals surface area (Å²) in [4.78, 5) is 38.2. The molecule has 440 valence electrons. The van der Waals surface area contributed by atoms with Crippen LogP contribution in [-0.2, 0) is 28.6 Å². The number of allylic oxidation sites excluding steroid dienone is 6. The summed E-state index contributed by atoms with van der Waals surface area (Å²) in [6.45, 7) is 6.67. The zero-order valence-electron chi connectivity index (χ0n) is 50.6. The molecular weight excluding hydrogens is 925 g/mol. The van der Waals surface area contributed by atoms with Crippen molar-refractivity contribution in [3.63, 3.8) is 0 Å². The average molecular weight is 1050 g/mol. The van der Waals surface area contributed by atoms with Gasteiger partial charge in [-0.15, -0.1) is 0 Å². The van der Waals surface area contributed by atoms with Gasteiger partial charge in [0.1, 0.15) is 13.2 Å². The van der Waals surface area contributed by atoms with E-state index in [1.807, 2.05) is 0 Å². The summed E-state index contributed by atoms with van der Waals surface area (Å²) in [6, 6.07) is 0. The number of rotatable bonds is 62. The van der Waals surface area contributed by atoms with Gasteiger partial charge in [0.25, 0.3) is 0 Å². The lowest BCUT2D eigenvalue weighted by atomic mass is 10.0. The molecule has 1 unspecified atom stereocenters. The fourth-order valence-electron chi connectivity index (χ4n) is 10.1. The van der Waals surface area contributed by atoms with Crippen molar-refractivity contribution in [3.05, 3.63) is 36.5 Å². The van der Waals surface area contributed by atoms with Crippen molar-refractivity contribution in [2.24, 2.45) is 0 Å². The van der Waals surface area contributed by atoms with Crippen molar-refractivity contribution in [1.29, 1.82) is 0 Å². The van der Waals surface area contributed by atoms with E-state index in [1.54, 1.807) is 0 Å². The minimum absolute atomic E-state index is 0.0649. The van der Waals surface area contributed by atoms with Crippen LogP contribution in [0, 0.1) is 0 Å². The van der Waals surface area contributed by atoms with Crippen molar-refractivity contribution in [3.8, 4) is 0 Å². The van der Waals surface area contributed by atoms with Crippen LogP contribution < -0.4 is 0 Å². The molecule has 6 nitrogen and oxygen atoms in total. The first-order valence-corrected chi connectivity index (χ1v) is 33.5. The number of esters is 3. The number of carbonyl (C=O) groups is 3. The molecule has 0 bridgehead atoms. The van der Waals surface area contributed by atoms with Crippen molar-refractivity contribution in [1.82, 2.24) is 0 Å². The van der Waals surface area contributed by atoms with Crippen LogP contribution in [0.1, 0.15) is 367 Å². The van der Waals surface area contributed by atoms with Crippen molar-refractivity contribution in [2.75, 3.05) is 13.2 Å². The monoisotopic (exact) mass is 1050 g/mol. The minimum atomic E-state index is -0.765. The molecule has 0 saturated carbocycles. The van der Waals surface area contributed by atoms with Crippen molar-refractivity contribution in [2.45, 2.75) is 374 Å². The zero-order chi connectivity index (χ0) is 54.3. The molecule has 0 N–H and O–H groups in total. The van der Waals surface area contributed by atoms with Gasteiger partial charge in [-0.05, 0) is 57.8 Å². The lowest BCUT2D eigenvalue weighted by Crippen LogP contribution is -2.30. The maximum absolute atomic E-state index is 12.8. The SMILES string of the molecule is CCCCCCC/C=C\C/C=C\C/C=C\CCCCCCCCCCCCCCCCCCCCC(=O)OCC(COC(=O)CCCCCCCCCCCCC)OC(=O)CCCCCCCCCCCCCCC. The molecule has 6 heteroatoms. The van der Waals surface area contributed by atoms with Crippen LogP contribution in [0.2, 0.25) is 0 Å². The largest absolute Gasteiger partial charge is 0.462 e. The van der Waals surface area contributed by atoms with Gasteiger partial charge in [0.2, 0.25) is 0 Å². The van der Waals surface area contributed by atoms with Crippen LogP contribution in [0.3, 0.4) is 0 Å². The Morgan fingerprint density at radius 2 is 0.480 bits per heavy atom. The van der Waals surface area contributed by atoms with Crippen LogP contribution in [-0.4, -0.2) is 37.2 Å². The maximum atomic E-state index is 12.8. The fraction of sp³-hybridized carbons (Fsp3) is 0.870. The molecule has 0 amide bonds. The molecule has 0 aromatic carbocycles. The molecule has 0 aromatic rings. The van der Waals surface area contributed by atoms with E-state index in [-0.39, 0.29) is 31.1 Å². The third-order valence-electron chi connectivity index (χ3n) is 15.1. The van der Waals surface area contributed by atoms with Gasteiger partial charge in [-0.25, -0.2) is 0 Å². The van der Waals surface area contributed by atoms with E-state index in [0.29, 0.717) is 19.3 Å². The molecule has 0 aliphatic rings. The summed E-state index contributed by atoms with van der Waals surface area (Å²) >= 11 is 0. The Morgan fingerprint density at radius 1 is 0.267 bits per heavy atom. The lowest BCUT2D eigenvalue weighted by Gasteiger charge is -2.18. The average Bonchev–Trinajstić information content (AvgIpc) is 3.41. The summed E-state index contributed by atoms with van der Waals surface area (Å²) in [7, 11) is 0. The number of hydrogen-bond acceptors (Lipinski definition) is 6. The van der Waals surface area contributed by atoms with Crippen LogP contribution in [0.15, 0.2) is 36.5 Å². The Kier molecular flexibility index (Phi) is 62.1. The van der Waals surface area contributed by atoms with Gasteiger partial charge in [-0.3, -0.25) is 14.4 Å². The second kappa shape index (κ2) is 64.2. The molecule has 0 aliphatic carbocycles. The first kappa shape index (κ1) is 72.6. The van der Waals surface area contributed by atoms with Gasteiger partial charge < -0.3 is 14.2 Å². The van der Waals surface area contributed by atoms with Gasteiger partial charge in [0.05, 0.1) is 0 Å². The van der Waals surface area contributed by atoms with Gasteiger partial charge in [0, 0.05) is 19.3 Å². The summed E-state index contributed by atoms with van der Waals surface area (Å²) in [6.07, 6.45) is 78.9. The number of unbranched alkanes of at least 4 members (excludes halogenated alkanes) is 45. The van der Waals surface area contributed by atoms with Gasteiger partial charge in [0.15, 0.2) is 6.10 Å². The van der Waals surface area contributed by atoms with Crippen LogP contribution in [0.5, 0.6) is 0 Å². The molecule has 0 aromatic heterocycles. The molecule has 0 aliphatic heterocycles. The highest BCUT2D eigenvalue weighted by Gasteiger charge is 2.19. The Morgan fingerprint density at radius 3 is 0.747 bits per heavy atom. The highest BCUT2D eigenvalue weighted by Crippen LogP contribution is 2.18. The van der Waals surface area contributed by atoms with Gasteiger partial charge >= 0.3 is 17.9 Å². The summed E-state index contributed by atoms with van der Waals surface area (Å²) in [5.74, 6) is -0.841. The van der Waals surface area contributed by atoms with Gasteiger partial charge in [-0.2, -0.15) is 0 Å². The summed E-state index contributed by atoms with van der Waals surface area (Å²) in [5, 5.41) is 0. The highest BCUT2D eigenvalue weighted by atomic mass is 16.6. The van der Waals surface area contributed by atoms with E-state index in [1.165, 1.54) is 257 Å². The zero-order valence-corrected chi connectivity index (χ0v) is 50.6. The third kappa shape index (κ3) is 62.4. The minimum Gasteiger partial charge on any atom is -0.462 e. The molecule has 0 fully saturated rings. The molecule has 75 heavy (non-hydrogen) atoms. The molecule has 0 saturated heterocycles. The first-order chi connectivity index (χ1) is 37.0. The maximum Gasteiger partial charge on any atom is 0.306 e. The van der Waals surface area contributed by atoms with E-state index in [2.05, 4.69) is 57.2 Å². The Balaban J connectivity index is 4.03. The molecule has 1 atom stereocenters. The topological polar surface area (TPSA) is 78.9 Å². The number of carbonyl (C=O) groups excluding carboxylic acids is 3. The Bertz CT molecular complexity index is 1250. The lowest BCUT2D eigenvalue weighted by molar-refractivity contribution is -0.167. The normalized spacial score (nSPS) is 12.2. The summed E-state index contributed by atoms with van der Waals surface area (Å²) in [5.41, 5.74) is 0. The van der Waals surface area contributed by atoms with Crippen LogP contribution >= 0.6 is 0 Å².